The van der Waals surface area contributed by atoms with Gasteiger partial charge >= 0.3 is 0 Å². The van der Waals surface area contributed by atoms with Crippen LogP contribution in [0.4, 0.5) is 28.8 Å². The molecule has 0 aliphatic carbocycles. The van der Waals surface area contributed by atoms with E-state index in [1.54, 1.807) is 6.20 Å². The monoisotopic (exact) mass is 371 g/mol. The summed E-state index contributed by atoms with van der Waals surface area (Å²) >= 11 is 0. The molecule has 3 aromatic heterocycles. The maximum absolute atomic E-state index is 4.35. The predicted molar refractivity (Wildman–Crippen MR) is 110 cm³/mol. The molecule has 2 aromatic carbocycles. The summed E-state index contributed by atoms with van der Waals surface area (Å²) < 4.78 is 0. The van der Waals surface area contributed by atoms with E-state index < -0.39 is 0 Å². The van der Waals surface area contributed by atoms with Crippen molar-refractivity contribution < 1.29 is 0 Å². The molecule has 0 spiro atoms. The van der Waals surface area contributed by atoms with E-state index in [0.717, 1.165) is 33.2 Å². The van der Waals surface area contributed by atoms with Crippen molar-refractivity contribution in [2.45, 2.75) is 0 Å². The van der Waals surface area contributed by atoms with Gasteiger partial charge in [0.1, 0.15) is 18.0 Å². The Balaban J connectivity index is 1.41. The van der Waals surface area contributed by atoms with E-state index in [0.29, 0.717) is 17.5 Å². The molecular formula is C19H17N9. The van der Waals surface area contributed by atoms with Crippen LogP contribution < -0.4 is 16.0 Å². The van der Waals surface area contributed by atoms with Gasteiger partial charge in [0.15, 0.2) is 5.82 Å². The molecular weight excluding hydrogens is 354 g/mol. The van der Waals surface area contributed by atoms with Gasteiger partial charge in [0.2, 0.25) is 0 Å². The second-order valence-corrected chi connectivity index (χ2v) is 6.29. The van der Waals surface area contributed by atoms with Crippen molar-refractivity contribution in [3.05, 3.63) is 55.0 Å². The number of hydrogen-bond acceptors (Lipinski definition) is 7. The summed E-state index contributed by atoms with van der Waals surface area (Å²) in [7, 11) is 1.89. The zero-order chi connectivity index (χ0) is 18.9. The minimum atomic E-state index is 0.644. The average Bonchev–Trinajstić information content (AvgIpc) is 3.34. The van der Waals surface area contributed by atoms with Crippen molar-refractivity contribution in [3.63, 3.8) is 0 Å². The van der Waals surface area contributed by atoms with Crippen molar-refractivity contribution in [3.8, 4) is 0 Å². The highest BCUT2D eigenvalue weighted by Crippen LogP contribution is 2.27. The Morgan fingerprint density at radius 3 is 2.54 bits per heavy atom. The third-order valence-electron chi connectivity index (χ3n) is 4.48. The van der Waals surface area contributed by atoms with Crippen molar-refractivity contribution in [2.75, 3.05) is 23.0 Å². The first-order valence-corrected chi connectivity index (χ1v) is 8.73. The molecule has 9 nitrogen and oxygen atoms in total. The molecule has 5 N–H and O–H groups in total. The molecule has 9 heteroatoms. The number of nitrogens with one attached hydrogen (secondary N) is 5. The van der Waals surface area contributed by atoms with Gasteiger partial charge in [-0.25, -0.2) is 9.97 Å². The molecule has 0 fully saturated rings. The van der Waals surface area contributed by atoms with Crippen molar-refractivity contribution in [1.29, 1.82) is 0 Å². The molecule has 0 aliphatic heterocycles. The quantitative estimate of drug-likeness (QED) is 0.319. The molecule has 28 heavy (non-hydrogen) atoms. The summed E-state index contributed by atoms with van der Waals surface area (Å²) in [5, 5.41) is 26.0. The number of aromatic amines is 2. The predicted octanol–water partition coefficient (Wildman–Crippen LogP) is 3.76. The Bertz CT molecular complexity index is 1270. The zero-order valence-corrected chi connectivity index (χ0v) is 15.0. The molecule has 0 unspecified atom stereocenters. The molecule has 3 heterocycles. The third-order valence-corrected chi connectivity index (χ3v) is 4.48. The normalized spacial score (nSPS) is 11.0. The molecule has 0 atom stereocenters. The lowest BCUT2D eigenvalue weighted by Gasteiger charge is -2.08. The fraction of sp³-hybridized carbons (Fsp3) is 0.0526. The second-order valence-electron chi connectivity index (χ2n) is 6.29. The van der Waals surface area contributed by atoms with Crippen LogP contribution in [0.3, 0.4) is 0 Å². The number of H-pyrrole nitrogens is 2. The van der Waals surface area contributed by atoms with Crippen LogP contribution in [-0.2, 0) is 0 Å². The van der Waals surface area contributed by atoms with Crippen LogP contribution in [0.2, 0.25) is 0 Å². The molecule has 0 amide bonds. The highest BCUT2D eigenvalue weighted by atomic mass is 15.2. The number of anilines is 5. The van der Waals surface area contributed by atoms with Crippen LogP contribution in [0.1, 0.15) is 0 Å². The SMILES string of the molecule is CNc1ccc2[nH]nc(Nc3cc(Nc4ccc5[nH]ncc5c4)ncn3)c2c1. The van der Waals surface area contributed by atoms with E-state index >= 15 is 0 Å². The van der Waals surface area contributed by atoms with Crippen molar-refractivity contribution >= 4 is 50.6 Å². The lowest BCUT2D eigenvalue weighted by atomic mass is 10.2. The van der Waals surface area contributed by atoms with Crippen molar-refractivity contribution in [1.82, 2.24) is 30.4 Å². The molecule has 0 saturated carbocycles. The van der Waals surface area contributed by atoms with E-state index in [1.165, 1.54) is 6.33 Å². The molecule has 0 aliphatic rings. The van der Waals surface area contributed by atoms with Gasteiger partial charge < -0.3 is 16.0 Å². The van der Waals surface area contributed by atoms with E-state index in [4.69, 9.17) is 0 Å². The lowest BCUT2D eigenvalue weighted by molar-refractivity contribution is 1.11. The number of fused-ring (bicyclic) bond motifs is 2. The fourth-order valence-corrected chi connectivity index (χ4v) is 3.05. The van der Waals surface area contributed by atoms with Gasteiger partial charge in [0.05, 0.1) is 17.2 Å². The van der Waals surface area contributed by atoms with Crippen LogP contribution >= 0.6 is 0 Å². The second kappa shape index (κ2) is 6.54. The molecule has 5 rings (SSSR count). The summed E-state index contributed by atoms with van der Waals surface area (Å²) in [5.41, 5.74) is 3.86. The first-order chi connectivity index (χ1) is 13.8. The Morgan fingerprint density at radius 2 is 1.64 bits per heavy atom. The van der Waals surface area contributed by atoms with Crippen LogP contribution in [0.15, 0.2) is 55.0 Å². The maximum atomic E-state index is 4.35. The largest absolute Gasteiger partial charge is 0.388 e. The van der Waals surface area contributed by atoms with E-state index in [-0.39, 0.29) is 0 Å². The summed E-state index contributed by atoms with van der Waals surface area (Å²) in [6.45, 7) is 0. The molecule has 0 saturated heterocycles. The van der Waals surface area contributed by atoms with E-state index in [9.17, 15) is 0 Å². The van der Waals surface area contributed by atoms with Crippen LogP contribution in [0, 0.1) is 0 Å². The molecule has 0 bridgehead atoms. The zero-order valence-electron chi connectivity index (χ0n) is 15.0. The summed E-state index contributed by atoms with van der Waals surface area (Å²) in [5.74, 6) is 2.03. The van der Waals surface area contributed by atoms with Gasteiger partial charge in [0.25, 0.3) is 0 Å². The van der Waals surface area contributed by atoms with Gasteiger partial charge in [-0.1, -0.05) is 0 Å². The van der Waals surface area contributed by atoms with Gasteiger partial charge in [-0.05, 0) is 36.4 Å². The third kappa shape index (κ3) is 2.94. The first kappa shape index (κ1) is 16.1. The lowest BCUT2D eigenvalue weighted by Crippen LogP contribution is -1.99. The van der Waals surface area contributed by atoms with E-state index in [2.05, 4.69) is 46.3 Å². The fourth-order valence-electron chi connectivity index (χ4n) is 3.05. The molecule has 5 aromatic rings. The standard InChI is InChI=1S/C19H17N9/c1-20-12-2-5-16-14(7-12)19(28-27-16)25-18-8-17(21-10-22-18)24-13-3-4-15-11(6-13)9-23-26-15/h2-10,20H,1H3,(H,23,26)(H3,21,22,24,25,27,28). The Hall–Kier alpha value is -4.14. The van der Waals surface area contributed by atoms with Crippen molar-refractivity contribution in [2.24, 2.45) is 0 Å². The average molecular weight is 371 g/mol. The number of aromatic nitrogens is 6. The molecule has 0 radical (unpaired) electrons. The van der Waals surface area contributed by atoms with Crippen LogP contribution in [-0.4, -0.2) is 37.4 Å². The first-order valence-electron chi connectivity index (χ1n) is 8.73. The number of rotatable bonds is 5. The summed E-state index contributed by atoms with van der Waals surface area (Å²) in [4.78, 5) is 8.60. The smallest absolute Gasteiger partial charge is 0.161 e. The Labute approximate surface area is 159 Å². The Morgan fingerprint density at radius 1 is 0.821 bits per heavy atom. The Kier molecular flexibility index (Phi) is 3.75. The van der Waals surface area contributed by atoms with Gasteiger partial charge in [-0.15, -0.1) is 0 Å². The topological polar surface area (TPSA) is 119 Å². The highest BCUT2D eigenvalue weighted by molar-refractivity contribution is 5.93. The minimum absolute atomic E-state index is 0.644. The van der Waals surface area contributed by atoms with Crippen LogP contribution in [0.25, 0.3) is 21.8 Å². The minimum Gasteiger partial charge on any atom is -0.388 e. The number of hydrogen-bond donors (Lipinski definition) is 5. The highest BCUT2D eigenvalue weighted by Gasteiger charge is 2.08. The van der Waals surface area contributed by atoms with Gasteiger partial charge in [-0.2, -0.15) is 10.2 Å². The van der Waals surface area contributed by atoms with E-state index in [1.807, 2.05) is 49.5 Å². The van der Waals surface area contributed by atoms with Gasteiger partial charge in [0, 0.05) is 35.3 Å². The molecule has 138 valence electrons. The maximum Gasteiger partial charge on any atom is 0.161 e. The summed E-state index contributed by atoms with van der Waals surface area (Å²) in [6, 6.07) is 13.8. The van der Waals surface area contributed by atoms with Gasteiger partial charge in [-0.3, -0.25) is 10.2 Å². The number of benzene rings is 2. The number of nitrogens with zero attached hydrogens (tertiary/aromatic N) is 4. The summed E-state index contributed by atoms with van der Waals surface area (Å²) in [6.07, 6.45) is 3.30. The van der Waals surface area contributed by atoms with Crippen LogP contribution in [0.5, 0.6) is 0 Å².